The normalized spacial score (nSPS) is 23.0. The van der Waals surface area contributed by atoms with Crippen molar-refractivity contribution in [2.75, 3.05) is 0 Å². The molecule has 0 bridgehead atoms. The molecule has 1 aromatic heterocycles. The van der Waals surface area contributed by atoms with Gasteiger partial charge >= 0.3 is 5.97 Å². The second-order valence-electron chi connectivity index (χ2n) is 5.15. The summed E-state index contributed by atoms with van der Waals surface area (Å²) in [4.78, 5) is 11.8. The van der Waals surface area contributed by atoms with Crippen LogP contribution in [0.5, 0.6) is 0 Å². The van der Waals surface area contributed by atoms with Crippen molar-refractivity contribution in [2.24, 2.45) is 5.92 Å². The van der Waals surface area contributed by atoms with Crippen molar-refractivity contribution >= 4 is 41.6 Å². The maximum atomic E-state index is 12.0. The van der Waals surface area contributed by atoms with Crippen LogP contribution in [-0.2, 0) is 13.8 Å². The topological polar surface area (TPSA) is 73.6 Å². The fourth-order valence-electron chi connectivity index (χ4n) is 2.55. The highest BCUT2D eigenvalue weighted by Crippen LogP contribution is 2.31. The summed E-state index contributed by atoms with van der Waals surface area (Å²) in [6.07, 6.45) is 4.77. The van der Waals surface area contributed by atoms with E-state index in [-0.39, 0.29) is 21.4 Å². The van der Waals surface area contributed by atoms with Crippen LogP contribution < -0.4 is 0 Å². The quantitative estimate of drug-likeness (QED) is 0.563. The predicted octanol–water partition coefficient (Wildman–Crippen LogP) is 4.10. The molecule has 118 valence electrons. The first-order valence-electron chi connectivity index (χ1n) is 6.76. The Bertz CT molecular complexity index is 625. The fraction of sp³-hybridized carbons (Fsp3) is 0.615. The van der Waals surface area contributed by atoms with Crippen LogP contribution in [0.3, 0.4) is 0 Å². The molecule has 0 N–H and O–H groups in total. The first-order valence-corrected chi connectivity index (χ1v) is 9.86. The molecule has 1 saturated carbocycles. The average Bonchev–Trinajstić information content (AvgIpc) is 2.81. The first-order chi connectivity index (χ1) is 9.81. The Morgan fingerprint density at radius 3 is 2.81 bits per heavy atom. The van der Waals surface area contributed by atoms with Gasteiger partial charge in [-0.3, -0.25) is 0 Å². The van der Waals surface area contributed by atoms with Gasteiger partial charge in [0.1, 0.15) is 11.0 Å². The molecular formula is C13H16BrClO5S. The lowest BCUT2D eigenvalue weighted by Gasteiger charge is -2.27. The molecule has 0 spiro atoms. The van der Waals surface area contributed by atoms with Crippen molar-refractivity contribution in [1.82, 2.24) is 0 Å². The number of esters is 1. The molecule has 2 rings (SSSR count). The van der Waals surface area contributed by atoms with E-state index in [1.807, 2.05) is 0 Å². The Morgan fingerprint density at radius 2 is 2.24 bits per heavy atom. The molecule has 0 amide bonds. The Balaban J connectivity index is 2.07. The van der Waals surface area contributed by atoms with E-state index in [0.29, 0.717) is 5.92 Å². The zero-order chi connectivity index (χ0) is 15.6. The molecule has 0 radical (unpaired) electrons. The largest absolute Gasteiger partial charge is 0.457 e. The molecule has 0 aliphatic heterocycles. The van der Waals surface area contributed by atoms with E-state index in [4.69, 9.17) is 19.8 Å². The molecule has 21 heavy (non-hydrogen) atoms. The smallest absolute Gasteiger partial charge is 0.374 e. The number of halogens is 2. The van der Waals surface area contributed by atoms with Crippen LogP contribution in [0.2, 0.25) is 0 Å². The minimum absolute atomic E-state index is 0.0977. The van der Waals surface area contributed by atoms with E-state index in [9.17, 15) is 13.2 Å². The van der Waals surface area contributed by atoms with Crippen LogP contribution in [0.15, 0.2) is 20.0 Å². The summed E-state index contributed by atoms with van der Waals surface area (Å²) < 4.78 is 32.9. The predicted molar refractivity (Wildman–Crippen MR) is 80.9 cm³/mol. The van der Waals surface area contributed by atoms with E-state index in [2.05, 4.69) is 22.9 Å². The molecule has 5 nitrogen and oxygen atoms in total. The van der Waals surface area contributed by atoms with E-state index >= 15 is 0 Å². The van der Waals surface area contributed by atoms with E-state index in [0.717, 1.165) is 38.2 Å². The van der Waals surface area contributed by atoms with Crippen molar-refractivity contribution < 1.29 is 22.4 Å². The molecular weight excluding hydrogens is 384 g/mol. The van der Waals surface area contributed by atoms with Gasteiger partial charge < -0.3 is 9.15 Å². The van der Waals surface area contributed by atoms with Crippen LogP contribution in [0.4, 0.5) is 0 Å². The van der Waals surface area contributed by atoms with Crippen LogP contribution in [0, 0.1) is 5.92 Å². The molecule has 0 aromatic carbocycles. The minimum Gasteiger partial charge on any atom is -0.457 e. The number of hydrogen-bond acceptors (Lipinski definition) is 5. The molecule has 2 unspecified atom stereocenters. The number of furan rings is 1. The monoisotopic (exact) mass is 398 g/mol. The standard InChI is InChI=1S/C13H16BrClO5S/c1-2-8-4-3-5-9(6-8)19-13(16)10-7-11(12(14)20-10)21(15,17)18/h7-9H,2-6H2,1H3. The van der Waals surface area contributed by atoms with Crippen LogP contribution in [0.25, 0.3) is 0 Å². The summed E-state index contributed by atoms with van der Waals surface area (Å²) >= 11 is 2.93. The lowest BCUT2D eigenvalue weighted by Crippen LogP contribution is -2.25. The molecule has 0 saturated heterocycles. The van der Waals surface area contributed by atoms with Crippen LogP contribution >= 0.6 is 26.6 Å². The molecule has 2 atom stereocenters. The highest BCUT2D eigenvalue weighted by molar-refractivity contribution is 9.10. The lowest BCUT2D eigenvalue weighted by molar-refractivity contribution is 0.0106. The van der Waals surface area contributed by atoms with Crippen molar-refractivity contribution in [3.05, 3.63) is 16.5 Å². The molecule has 1 aliphatic carbocycles. The van der Waals surface area contributed by atoms with E-state index in [1.165, 1.54) is 0 Å². The van der Waals surface area contributed by atoms with Gasteiger partial charge in [-0.15, -0.1) is 0 Å². The lowest BCUT2D eigenvalue weighted by atomic mass is 9.85. The SMILES string of the molecule is CCC1CCCC(OC(=O)c2cc(S(=O)(=O)Cl)c(Br)o2)C1. The Labute approximate surface area is 136 Å². The third kappa shape index (κ3) is 4.23. The van der Waals surface area contributed by atoms with Gasteiger partial charge in [0.15, 0.2) is 4.67 Å². The average molecular weight is 400 g/mol. The zero-order valence-electron chi connectivity index (χ0n) is 11.5. The number of carbonyl (C=O) groups excluding carboxylic acids is 1. The van der Waals surface area contributed by atoms with Gasteiger partial charge in [-0.1, -0.05) is 19.8 Å². The summed E-state index contributed by atoms with van der Waals surface area (Å²) in [7, 11) is 1.27. The number of hydrogen-bond donors (Lipinski definition) is 0. The van der Waals surface area contributed by atoms with Crippen molar-refractivity contribution in [3.63, 3.8) is 0 Å². The summed E-state index contributed by atoms with van der Waals surface area (Å²) in [6.45, 7) is 2.12. The van der Waals surface area contributed by atoms with E-state index in [1.54, 1.807) is 0 Å². The summed E-state index contributed by atoms with van der Waals surface area (Å²) in [5, 5.41) is 0. The molecule has 1 heterocycles. The third-order valence-corrected chi connectivity index (χ3v) is 5.88. The van der Waals surface area contributed by atoms with Crippen molar-refractivity contribution in [1.29, 1.82) is 0 Å². The van der Waals surface area contributed by atoms with Gasteiger partial charge in [0.2, 0.25) is 5.76 Å². The Kier molecular flexibility index (Phi) is 5.38. The van der Waals surface area contributed by atoms with Gasteiger partial charge in [-0.05, 0) is 41.1 Å². The second-order valence-corrected chi connectivity index (χ2v) is 8.41. The van der Waals surface area contributed by atoms with Gasteiger partial charge in [-0.2, -0.15) is 0 Å². The molecule has 1 fully saturated rings. The summed E-state index contributed by atoms with van der Waals surface area (Å²) in [5.74, 6) is -0.262. The van der Waals surface area contributed by atoms with E-state index < -0.39 is 15.0 Å². The highest BCUT2D eigenvalue weighted by Gasteiger charge is 2.28. The Morgan fingerprint density at radius 1 is 1.52 bits per heavy atom. The second kappa shape index (κ2) is 6.71. The van der Waals surface area contributed by atoms with Crippen LogP contribution in [-0.4, -0.2) is 20.5 Å². The zero-order valence-corrected chi connectivity index (χ0v) is 14.6. The van der Waals surface area contributed by atoms with Crippen molar-refractivity contribution in [3.8, 4) is 0 Å². The maximum absolute atomic E-state index is 12.0. The van der Waals surface area contributed by atoms with Gasteiger partial charge in [0, 0.05) is 16.7 Å². The highest BCUT2D eigenvalue weighted by atomic mass is 79.9. The summed E-state index contributed by atoms with van der Waals surface area (Å²) in [5.41, 5.74) is 0. The number of ether oxygens (including phenoxy) is 1. The number of carbonyl (C=O) groups is 1. The van der Waals surface area contributed by atoms with Gasteiger partial charge in [0.05, 0.1) is 0 Å². The minimum atomic E-state index is -3.97. The molecule has 8 heteroatoms. The summed E-state index contributed by atoms with van der Waals surface area (Å²) in [6, 6.07) is 1.08. The third-order valence-electron chi connectivity index (χ3n) is 3.71. The number of rotatable bonds is 4. The fourth-order valence-corrected chi connectivity index (χ4v) is 4.58. The van der Waals surface area contributed by atoms with Crippen molar-refractivity contribution in [2.45, 2.75) is 50.0 Å². The first kappa shape index (κ1) is 16.8. The van der Waals surface area contributed by atoms with Gasteiger partial charge in [0.25, 0.3) is 9.05 Å². The van der Waals surface area contributed by atoms with Crippen LogP contribution in [0.1, 0.15) is 49.6 Å². The maximum Gasteiger partial charge on any atom is 0.374 e. The molecule has 1 aromatic rings. The van der Waals surface area contributed by atoms with Gasteiger partial charge in [-0.25, -0.2) is 13.2 Å². The Hall–Kier alpha value is -0.530. The molecule has 1 aliphatic rings.